The Labute approximate surface area is 153 Å². The summed E-state index contributed by atoms with van der Waals surface area (Å²) in [7, 11) is -3.85. The summed E-state index contributed by atoms with van der Waals surface area (Å²) in [6, 6.07) is 7.98. The Morgan fingerprint density at radius 3 is 2.69 bits per heavy atom. The molecule has 26 heavy (non-hydrogen) atoms. The zero-order valence-electron chi connectivity index (χ0n) is 15.1. The van der Waals surface area contributed by atoms with Crippen molar-refractivity contribution in [1.82, 2.24) is 4.98 Å². The summed E-state index contributed by atoms with van der Waals surface area (Å²) < 4.78 is 33.9. The number of anilines is 2. The first-order chi connectivity index (χ1) is 12.1. The van der Waals surface area contributed by atoms with E-state index in [2.05, 4.69) is 9.71 Å². The zero-order chi connectivity index (χ0) is 19.1. The van der Waals surface area contributed by atoms with Crippen LogP contribution in [0.2, 0.25) is 0 Å². The van der Waals surface area contributed by atoms with Gasteiger partial charge in [-0.15, -0.1) is 0 Å². The number of carbonyl (C=O) groups is 1. The van der Waals surface area contributed by atoms with Crippen LogP contribution in [0.1, 0.15) is 26.3 Å². The maximum absolute atomic E-state index is 12.7. The molecule has 1 aliphatic heterocycles. The van der Waals surface area contributed by atoms with Gasteiger partial charge in [0, 0.05) is 13.1 Å². The van der Waals surface area contributed by atoms with Crippen LogP contribution < -0.4 is 14.4 Å². The third kappa shape index (κ3) is 3.50. The highest BCUT2D eigenvalue weighted by Gasteiger charge is 2.34. The number of hydrogen-bond acceptors (Lipinski definition) is 5. The first kappa shape index (κ1) is 18.2. The van der Waals surface area contributed by atoms with Crippen LogP contribution in [0.3, 0.4) is 0 Å². The number of amides is 1. The van der Waals surface area contributed by atoms with Crippen molar-refractivity contribution in [3.8, 4) is 5.75 Å². The van der Waals surface area contributed by atoms with Crippen molar-refractivity contribution < 1.29 is 17.9 Å². The zero-order valence-corrected chi connectivity index (χ0v) is 15.9. The number of hydrogen-bond donors (Lipinski definition) is 1. The molecule has 0 bridgehead atoms. The summed E-state index contributed by atoms with van der Waals surface area (Å²) in [5, 5.41) is 0. The molecular formula is C18H21N3O4S. The van der Waals surface area contributed by atoms with E-state index in [1.165, 1.54) is 30.2 Å². The first-order valence-electron chi connectivity index (χ1n) is 8.15. The van der Waals surface area contributed by atoms with Gasteiger partial charge in [-0.2, -0.15) is 0 Å². The predicted molar refractivity (Wildman–Crippen MR) is 99.0 cm³/mol. The number of sulfonamides is 1. The molecule has 1 aromatic carbocycles. The standard InChI is InChI=1S/C18H21N3O4S/c1-12-6-5-9-19-17(12)20-26(23,24)14-7-8-16-15(10-14)21(13(2)22)11-18(3,4)25-16/h5-10H,11H2,1-4H3,(H,19,20). The first-order valence-corrected chi connectivity index (χ1v) is 9.63. The lowest BCUT2D eigenvalue weighted by atomic mass is 10.1. The number of pyridine rings is 1. The Morgan fingerprint density at radius 1 is 1.31 bits per heavy atom. The quantitative estimate of drug-likeness (QED) is 0.891. The van der Waals surface area contributed by atoms with Crippen molar-refractivity contribution in [1.29, 1.82) is 0 Å². The van der Waals surface area contributed by atoms with Crippen molar-refractivity contribution in [3.63, 3.8) is 0 Å². The van der Waals surface area contributed by atoms with E-state index < -0.39 is 15.6 Å². The second kappa shape index (κ2) is 6.28. The molecule has 3 rings (SSSR count). The van der Waals surface area contributed by atoms with E-state index in [0.717, 1.165) is 0 Å². The van der Waals surface area contributed by atoms with Crippen LogP contribution in [-0.4, -0.2) is 31.5 Å². The Bertz CT molecular complexity index is 970. The van der Waals surface area contributed by atoms with E-state index in [-0.39, 0.29) is 16.6 Å². The van der Waals surface area contributed by atoms with Gasteiger partial charge < -0.3 is 9.64 Å². The smallest absolute Gasteiger partial charge is 0.263 e. The van der Waals surface area contributed by atoms with E-state index in [4.69, 9.17) is 4.74 Å². The van der Waals surface area contributed by atoms with E-state index in [1.807, 2.05) is 13.8 Å². The highest BCUT2D eigenvalue weighted by Crippen LogP contribution is 2.38. The second-order valence-corrected chi connectivity index (χ2v) is 8.55. The third-order valence-electron chi connectivity index (χ3n) is 4.08. The van der Waals surface area contributed by atoms with Gasteiger partial charge in [-0.05, 0) is 50.6 Å². The molecule has 0 atom stereocenters. The van der Waals surface area contributed by atoms with E-state index in [0.29, 0.717) is 23.5 Å². The number of ether oxygens (including phenoxy) is 1. The minimum Gasteiger partial charge on any atom is -0.484 e. The highest BCUT2D eigenvalue weighted by molar-refractivity contribution is 7.92. The Balaban J connectivity index is 2.01. The molecule has 1 aromatic heterocycles. The number of aryl methyl sites for hydroxylation is 1. The monoisotopic (exact) mass is 375 g/mol. The number of nitrogens with zero attached hydrogens (tertiary/aromatic N) is 2. The molecule has 0 saturated carbocycles. The normalized spacial score (nSPS) is 15.8. The molecule has 1 aliphatic rings. The summed E-state index contributed by atoms with van der Waals surface area (Å²) in [6.07, 6.45) is 1.52. The number of rotatable bonds is 3. The molecule has 138 valence electrons. The largest absolute Gasteiger partial charge is 0.484 e. The van der Waals surface area contributed by atoms with Crippen LogP contribution in [0.4, 0.5) is 11.5 Å². The average molecular weight is 375 g/mol. The van der Waals surface area contributed by atoms with Crippen LogP contribution in [0, 0.1) is 6.92 Å². The van der Waals surface area contributed by atoms with Crippen LogP contribution >= 0.6 is 0 Å². The maximum atomic E-state index is 12.7. The van der Waals surface area contributed by atoms with Crippen molar-refractivity contribution in [2.45, 2.75) is 38.2 Å². The minimum atomic E-state index is -3.85. The topological polar surface area (TPSA) is 88.6 Å². The van der Waals surface area contributed by atoms with Gasteiger partial charge in [-0.3, -0.25) is 9.52 Å². The van der Waals surface area contributed by atoms with Crippen LogP contribution in [0.5, 0.6) is 5.75 Å². The second-order valence-electron chi connectivity index (χ2n) is 6.87. The average Bonchev–Trinajstić information content (AvgIpc) is 2.54. The summed E-state index contributed by atoms with van der Waals surface area (Å²) in [5.41, 5.74) is 0.601. The summed E-state index contributed by atoms with van der Waals surface area (Å²) in [6.45, 7) is 7.31. The fraction of sp³-hybridized carbons (Fsp3) is 0.333. The van der Waals surface area contributed by atoms with Crippen molar-refractivity contribution in [2.24, 2.45) is 0 Å². The van der Waals surface area contributed by atoms with Gasteiger partial charge in [-0.1, -0.05) is 6.07 Å². The Hall–Kier alpha value is -2.61. The van der Waals surface area contributed by atoms with Gasteiger partial charge in [-0.25, -0.2) is 13.4 Å². The third-order valence-corrected chi connectivity index (χ3v) is 5.41. The lowest BCUT2D eigenvalue weighted by Gasteiger charge is -2.39. The van der Waals surface area contributed by atoms with Crippen LogP contribution in [-0.2, 0) is 14.8 Å². The molecule has 2 aromatic rings. The minimum absolute atomic E-state index is 0.0378. The van der Waals surface area contributed by atoms with Gasteiger partial charge in [0.1, 0.15) is 17.2 Å². The van der Waals surface area contributed by atoms with Crippen molar-refractivity contribution >= 4 is 27.4 Å². The van der Waals surface area contributed by atoms with Gasteiger partial charge >= 0.3 is 0 Å². The lowest BCUT2D eigenvalue weighted by Crippen LogP contribution is -2.48. The molecular weight excluding hydrogens is 354 g/mol. The molecule has 1 N–H and O–H groups in total. The van der Waals surface area contributed by atoms with Gasteiger partial charge in [0.15, 0.2) is 0 Å². The maximum Gasteiger partial charge on any atom is 0.263 e. The molecule has 0 radical (unpaired) electrons. The molecule has 1 amide bonds. The molecule has 0 spiro atoms. The lowest BCUT2D eigenvalue weighted by molar-refractivity contribution is -0.117. The van der Waals surface area contributed by atoms with E-state index in [1.54, 1.807) is 25.1 Å². The fourth-order valence-electron chi connectivity index (χ4n) is 2.82. The molecule has 0 unspecified atom stereocenters. The SMILES string of the molecule is CC(=O)N1CC(C)(C)Oc2ccc(S(=O)(=O)Nc3ncccc3C)cc21. The van der Waals surface area contributed by atoms with Crippen LogP contribution in [0.25, 0.3) is 0 Å². The molecule has 0 saturated heterocycles. The number of fused-ring (bicyclic) bond motifs is 1. The van der Waals surface area contributed by atoms with Gasteiger partial charge in [0.05, 0.1) is 17.1 Å². The number of benzene rings is 1. The van der Waals surface area contributed by atoms with Crippen molar-refractivity contribution in [2.75, 3.05) is 16.2 Å². The van der Waals surface area contributed by atoms with E-state index in [9.17, 15) is 13.2 Å². The summed E-state index contributed by atoms with van der Waals surface area (Å²) in [4.78, 5) is 17.7. The van der Waals surface area contributed by atoms with Crippen LogP contribution in [0.15, 0.2) is 41.4 Å². The summed E-state index contributed by atoms with van der Waals surface area (Å²) in [5.74, 6) is 0.571. The Kier molecular flexibility index (Phi) is 4.39. The van der Waals surface area contributed by atoms with E-state index >= 15 is 0 Å². The number of nitrogens with one attached hydrogen (secondary N) is 1. The molecule has 8 heteroatoms. The Morgan fingerprint density at radius 2 is 2.04 bits per heavy atom. The molecule has 7 nitrogen and oxygen atoms in total. The highest BCUT2D eigenvalue weighted by atomic mass is 32.2. The fourth-order valence-corrected chi connectivity index (χ4v) is 3.92. The van der Waals surface area contributed by atoms with Crippen molar-refractivity contribution in [3.05, 3.63) is 42.1 Å². The van der Waals surface area contributed by atoms with Gasteiger partial charge in [0.25, 0.3) is 10.0 Å². The molecule has 0 aliphatic carbocycles. The summed E-state index contributed by atoms with van der Waals surface area (Å²) >= 11 is 0. The molecule has 2 heterocycles. The number of aromatic nitrogens is 1. The van der Waals surface area contributed by atoms with Gasteiger partial charge in [0.2, 0.25) is 5.91 Å². The molecule has 0 fully saturated rings. The number of carbonyl (C=O) groups excluding carboxylic acids is 1. The predicted octanol–water partition coefficient (Wildman–Crippen LogP) is 2.71.